The molecule has 1 N–H and O–H groups in total. The maximum absolute atomic E-state index is 10.8. The number of rotatable bonds is 3. The molecule has 0 saturated carbocycles. The number of halogens is 1. The summed E-state index contributed by atoms with van der Waals surface area (Å²) in [6, 6.07) is 5.38. The van der Waals surface area contributed by atoms with E-state index >= 15 is 0 Å². The van der Waals surface area contributed by atoms with Crippen molar-refractivity contribution in [3.8, 4) is 11.8 Å². The van der Waals surface area contributed by atoms with Crippen molar-refractivity contribution >= 4 is 22.5 Å². The van der Waals surface area contributed by atoms with Gasteiger partial charge in [0.05, 0.1) is 17.1 Å². The molecule has 0 amide bonds. The summed E-state index contributed by atoms with van der Waals surface area (Å²) in [6.07, 6.45) is 0. The summed E-state index contributed by atoms with van der Waals surface area (Å²) in [5.74, 6) is 0.299. The van der Waals surface area contributed by atoms with E-state index in [-0.39, 0.29) is 22.9 Å². The molecule has 0 aliphatic rings. The SMILES string of the molecule is CCOc1ccc(S(=O)(=O)O)cc1C#N.Cl. The number of hydrogen-bond acceptors (Lipinski definition) is 4. The van der Waals surface area contributed by atoms with E-state index in [4.69, 9.17) is 14.6 Å². The van der Waals surface area contributed by atoms with E-state index in [0.717, 1.165) is 6.07 Å². The zero-order chi connectivity index (χ0) is 11.5. The molecular formula is C9H10ClNO4S. The van der Waals surface area contributed by atoms with Crippen molar-refractivity contribution < 1.29 is 17.7 Å². The molecule has 16 heavy (non-hydrogen) atoms. The summed E-state index contributed by atoms with van der Waals surface area (Å²) in [5, 5.41) is 8.73. The fourth-order valence-corrected chi connectivity index (χ4v) is 1.55. The summed E-state index contributed by atoms with van der Waals surface area (Å²) in [6.45, 7) is 2.12. The molecule has 88 valence electrons. The highest BCUT2D eigenvalue weighted by Crippen LogP contribution is 2.21. The smallest absolute Gasteiger partial charge is 0.294 e. The lowest BCUT2D eigenvalue weighted by Gasteiger charge is -2.05. The second-order valence-corrected chi connectivity index (χ2v) is 4.10. The lowest BCUT2D eigenvalue weighted by molar-refractivity contribution is 0.339. The Morgan fingerprint density at radius 1 is 1.50 bits per heavy atom. The summed E-state index contributed by atoms with van der Waals surface area (Å²) < 4.78 is 35.4. The van der Waals surface area contributed by atoms with Gasteiger partial charge in [0.2, 0.25) is 0 Å². The van der Waals surface area contributed by atoms with Crippen molar-refractivity contribution in [3.63, 3.8) is 0 Å². The maximum Gasteiger partial charge on any atom is 0.294 e. The lowest BCUT2D eigenvalue weighted by Crippen LogP contribution is -2.00. The third-order valence-electron chi connectivity index (χ3n) is 1.67. The van der Waals surface area contributed by atoms with Gasteiger partial charge in [-0.15, -0.1) is 12.4 Å². The largest absolute Gasteiger partial charge is 0.492 e. The van der Waals surface area contributed by atoms with Crippen LogP contribution in [0.4, 0.5) is 0 Å². The molecule has 0 radical (unpaired) electrons. The first kappa shape index (κ1) is 14.7. The fraction of sp³-hybridized carbons (Fsp3) is 0.222. The molecule has 0 aliphatic heterocycles. The summed E-state index contributed by atoms with van der Waals surface area (Å²) >= 11 is 0. The van der Waals surface area contributed by atoms with E-state index in [1.54, 1.807) is 13.0 Å². The Bertz CT molecular complexity index is 507. The molecule has 0 saturated heterocycles. The minimum absolute atomic E-state index is 0. The normalized spacial score (nSPS) is 10.1. The molecule has 0 aliphatic carbocycles. The van der Waals surface area contributed by atoms with E-state index in [1.165, 1.54) is 12.1 Å². The maximum atomic E-state index is 10.8. The van der Waals surface area contributed by atoms with Gasteiger partial charge in [0.25, 0.3) is 10.1 Å². The molecule has 1 aromatic carbocycles. The average Bonchev–Trinajstić information content (AvgIpc) is 2.17. The van der Waals surface area contributed by atoms with Crippen LogP contribution < -0.4 is 4.74 Å². The van der Waals surface area contributed by atoms with Crippen LogP contribution in [0.1, 0.15) is 12.5 Å². The highest BCUT2D eigenvalue weighted by atomic mass is 35.5. The van der Waals surface area contributed by atoms with Crippen LogP contribution in [-0.2, 0) is 10.1 Å². The van der Waals surface area contributed by atoms with Crippen LogP contribution in [0.25, 0.3) is 0 Å². The molecule has 5 nitrogen and oxygen atoms in total. The quantitative estimate of drug-likeness (QED) is 0.838. The molecule has 1 aromatic rings. The molecule has 0 heterocycles. The number of ether oxygens (including phenoxy) is 1. The van der Waals surface area contributed by atoms with Gasteiger partial charge in [-0.05, 0) is 25.1 Å². The van der Waals surface area contributed by atoms with Gasteiger partial charge < -0.3 is 4.74 Å². The topological polar surface area (TPSA) is 87.4 Å². The van der Waals surface area contributed by atoms with Crippen LogP contribution in [0.3, 0.4) is 0 Å². The second-order valence-electron chi connectivity index (χ2n) is 2.68. The molecule has 0 atom stereocenters. The highest BCUT2D eigenvalue weighted by molar-refractivity contribution is 7.85. The molecule has 0 spiro atoms. The van der Waals surface area contributed by atoms with Crippen molar-refractivity contribution in [2.75, 3.05) is 6.61 Å². The van der Waals surface area contributed by atoms with E-state index in [9.17, 15) is 8.42 Å². The number of nitriles is 1. The van der Waals surface area contributed by atoms with Gasteiger partial charge in [0, 0.05) is 0 Å². The van der Waals surface area contributed by atoms with Gasteiger partial charge in [-0.25, -0.2) is 0 Å². The highest BCUT2D eigenvalue weighted by Gasteiger charge is 2.12. The third kappa shape index (κ3) is 3.38. The zero-order valence-corrected chi connectivity index (χ0v) is 10.0. The van der Waals surface area contributed by atoms with Crippen molar-refractivity contribution in [1.82, 2.24) is 0 Å². The monoisotopic (exact) mass is 263 g/mol. The molecule has 0 unspecified atom stereocenters. The number of nitrogens with zero attached hydrogens (tertiary/aromatic N) is 1. The third-order valence-corrected chi connectivity index (χ3v) is 2.52. The Labute approximate surface area is 99.8 Å². The van der Waals surface area contributed by atoms with E-state index in [2.05, 4.69) is 0 Å². The molecule has 0 aromatic heterocycles. The first-order chi connectivity index (χ1) is 6.99. The van der Waals surface area contributed by atoms with Gasteiger partial charge in [0.1, 0.15) is 11.8 Å². The Morgan fingerprint density at radius 3 is 2.56 bits per heavy atom. The summed E-state index contributed by atoms with van der Waals surface area (Å²) in [5.41, 5.74) is 0.0759. The van der Waals surface area contributed by atoms with Gasteiger partial charge >= 0.3 is 0 Å². The first-order valence-corrected chi connectivity index (χ1v) is 5.57. The van der Waals surface area contributed by atoms with Crippen molar-refractivity contribution in [1.29, 1.82) is 5.26 Å². The Kier molecular flexibility index (Phi) is 5.24. The van der Waals surface area contributed by atoms with Crippen LogP contribution in [0, 0.1) is 11.3 Å². The summed E-state index contributed by atoms with van der Waals surface area (Å²) in [7, 11) is -4.27. The average molecular weight is 264 g/mol. The first-order valence-electron chi connectivity index (χ1n) is 4.13. The molecule has 1 rings (SSSR count). The van der Waals surface area contributed by atoms with Crippen LogP contribution >= 0.6 is 12.4 Å². The van der Waals surface area contributed by atoms with E-state index in [0.29, 0.717) is 12.4 Å². The Morgan fingerprint density at radius 2 is 2.12 bits per heavy atom. The minimum atomic E-state index is -4.27. The van der Waals surface area contributed by atoms with Crippen molar-refractivity contribution in [3.05, 3.63) is 23.8 Å². The molecule has 0 fully saturated rings. The Hall–Kier alpha value is -1.29. The molecule has 7 heteroatoms. The van der Waals surface area contributed by atoms with Crippen molar-refractivity contribution in [2.45, 2.75) is 11.8 Å². The van der Waals surface area contributed by atoms with Gasteiger partial charge in [-0.1, -0.05) is 0 Å². The molecule has 0 bridgehead atoms. The minimum Gasteiger partial charge on any atom is -0.492 e. The second kappa shape index (κ2) is 5.70. The summed E-state index contributed by atoms with van der Waals surface area (Å²) in [4.78, 5) is -0.317. The van der Waals surface area contributed by atoms with E-state index < -0.39 is 10.1 Å². The fourth-order valence-electron chi connectivity index (χ4n) is 1.04. The number of hydrogen-bond donors (Lipinski definition) is 1. The van der Waals surface area contributed by atoms with E-state index in [1.807, 2.05) is 0 Å². The number of benzene rings is 1. The predicted octanol–water partition coefficient (Wildman–Crippen LogP) is 1.63. The van der Waals surface area contributed by atoms with Crippen LogP contribution in [0.15, 0.2) is 23.1 Å². The van der Waals surface area contributed by atoms with Crippen molar-refractivity contribution in [2.24, 2.45) is 0 Å². The van der Waals surface area contributed by atoms with Gasteiger partial charge in [0.15, 0.2) is 0 Å². The van der Waals surface area contributed by atoms with Crippen LogP contribution in [0.2, 0.25) is 0 Å². The molecular weight excluding hydrogens is 254 g/mol. The standard InChI is InChI=1S/C9H9NO4S.ClH/c1-2-14-9-4-3-8(15(11,12)13)5-7(9)6-10;/h3-5H,2H2,1H3,(H,11,12,13);1H. The zero-order valence-electron chi connectivity index (χ0n) is 8.37. The van der Waals surface area contributed by atoms with Crippen LogP contribution in [-0.4, -0.2) is 19.6 Å². The Balaban J connectivity index is 0.00000225. The lowest BCUT2D eigenvalue weighted by atomic mass is 10.2. The van der Waals surface area contributed by atoms with Crippen LogP contribution in [0.5, 0.6) is 5.75 Å². The predicted molar refractivity (Wildman–Crippen MR) is 59.4 cm³/mol. The van der Waals surface area contributed by atoms with Gasteiger partial charge in [-0.2, -0.15) is 13.7 Å². The van der Waals surface area contributed by atoms with Gasteiger partial charge in [-0.3, -0.25) is 4.55 Å².